The molecule has 4 aromatic carbocycles. The van der Waals surface area contributed by atoms with Crippen LogP contribution in [0.15, 0.2) is 101 Å². The molecule has 4 aromatic rings. The summed E-state index contributed by atoms with van der Waals surface area (Å²) in [5.74, 6) is -0.140. The molecule has 1 aliphatic rings. The average Bonchev–Trinajstić information content (AvgIpc) is 3.21. The Bertz CT molecular complexity index is 1440. The van der Waals surface area contributed by atoms with Crippen molar-refractivity contribution >= 4 is 51.3 Å². The number of carboxylic acid groups (broad SMARTS) is 1. The SMILES string of the molecule is CC(=O)O.O=C1NC(=Nc2cc[c-]cc2)SC1=Cc1ccc2cc(OCc3ccccc3)ccc2c1.[Na+]. The molecule has 5 rings (SSSR count). The predicted molar refractivity (Wildman–Crippen MR) is 144 cm³/mol. The topological polar surface area (TPSA) is 88.0 Å². The molecule has 0 aromatic heterocycles. The van der Waals surface area contributed by atoms with E-state index in [-0.39, 0.29) is 35.5 Å². The van der Waals surface area contributed by atoms with Gasteiger partial charge in [-0.3, -0.25) is 14.6 Å². The number of nitrogens with one attached hydrogen (secondary N) is 1. The average molecular weight is 519 g/mol. The normalized spacial score (nSPS) is 14.5. The molecule has 37 heavy (non-hydrogen) atoms. The van der Waals surface area contributed by atoms with Crippen LogP contribution in [0, 0.1) is 6.07 Å². The summed E-state index contributed by atoms with van der Waals surface area (Å²) in [5.41, 5.74) is 2.88. The van der Waals surface area contributed by atoms with Crippen LogP contribution in [0.1, 0.15) is 18.1 Å². The molecule has 0 radical (unpaired) electrons. The van der Waals surface area contributed by atoms with Crippen LogP contribution in [-0.2, 0) is 16.2 Å². The largest absolute Gasteiger partial charge is 1.00 e. The van der Waals surface area contributed by atoms with Gasteiger partial charge in [-0.2, -0.15) is 18.2 Å². The summed E-state index contributed by atoms with van der Waals surface area (Å²) in [4.78, 5) is 26.5. The fourth-order valence-corrected chi connectivity index (χ4v) is 4.21. The summed E-state index contributed by atoms with van der Waals surface area (Å²) in [7, 11) is 0. The maximum Gasteiger partial charge on any atom is 1.00 e. The Morgan fingerprint density at radius 2 is 1.70 bits per heavy atom. The summed E-state index contributed by atoms with van der Waals surface area (Å²) >= 11 is 1.34. The number of thioether (sulfide) groups is 1. The number of fused-ring (bicyclic) bond motifs is 1. The first-order valence-corrected chi connectivity index (χ1v) is 11.9. The number of amides is 1. The van der Waals surface area contributed by atoms with Gasteiger partial charge in [-0.25, -0.2) is 0 Å². The fourth-order valence-electron chi connectivity index (χ4n) is 3.36. The van der Waals surface area contributed by atoms with Crippen LogP contribution in [0.2, 0.25) is 0 Å². The van der Waals surface area contributed by atoms with Gasteiger partial charge in [-0.15, -0.1) is 12.1 Å². The van der Waals surface area contributed by atoms with Crippen molar-refractivity contribution in [1.29, 1.82) is 0 Å². The van der Waals surface area contributed by atoms with Crippen LogP contribution in [0.3, 0.4) is 0 Å². The number of aliphatic carboxylic acids is 1. The number of carboxylic acids is 1. The van der Waals surface area contributed by atoms with Crippen molar-refractivity contribution in [3.05, 3.63) is 113 Å². The summed E-state index contributed by atoms with van der Waals surface area (Å²) < 4.78 is 5.93. The van der Waals surface area contributed by atoms with Gasteiger partial charge in [-0.1, -0.05) is 48.5 Å². The molecule has 2 N–H and O–H groups in total. The van der Waals surface area contributed by atoms with Crippen LogP contribution < -0.4 is 39.6 Å². The van der Waals surface area contributed by atoms with E-state index in [1.54, 1.807) is 12.1 Å². The van der Waals surface area contributed by atoms with E-state index in [1.165, 1.54) is 11.8 Å². The van der Waals surface area contributed by atoms with Crippen molar-refractivity contribution in [2.45, 2.75) is 13.5 Å². The second-order valence-corrected chi connectivity index (χ2v) is 8.83. The standard InChI is InChI=1S/C27H19N2O2S.C2H4O2.Na/c30-26-25(32-27(29-26)28-23-9-5-2-6-10-23)16-20-11-12-22-17-24(14-13-21(22)15-20)31-18-19-7-3-1-4-8-19;1-2(3)4;/h1,3-17H,18H2,(H,28,29,30);1H3,(H,3,4);/q-1;;+1. The van der Waals surface area contributed by atoms with Crippen molar-refractivity contribution in [3.63, 3.8) is 0 Å². The molecule has 0 atom stereocenters. The Labute approximate surface area is 241 Å². The number of rotatable bonds is 5. The van der Waals surface area contributed by atoms with Gasteiger partial charge < -0.3 is 15.2 Å². The molecule has 0 spiro atoms. The van der Waals surface area contributed by atoms with E-state index >= 15 is 0 Å². The minimum absolute atomic E-state index is 0. The monoisotopic (exact) mass is 518 g/mol. The zero-order chi connectivity index (χ0) is 25.3. The van der Waals surface area contributed by atoms with Gasteiger partial charge in [0.1, 0.15) is 12.4 Å². The van der Waals surface area contributed by atoms with Gasteiger partial charge in [0.15, 0.2) is 5.17 Å². The molecule has 8 heteroatoms. The van der Waals surface area contributed by atoms with Crippen molar-refractivity contribution in [3.8, 4) is 5.75 Å². The Hall–Kier alpha value is -3.36. The summed E-state index contributed by atoms with van der Waals surface area (Å²) in [5, 5.41) is 13.0. The number of hydrogen-bond donors (Lipinski definition) is 2. The molecule has 1 aliphatic heterocycles. The molecule has 180 valence electrons. The van der Waals surface area contributed by atoms with Crippen molar-refractivity contribution in [2.24, 2.45) is 4.99 Å². The van der Waals surface area contributed by atoms with Gasteiger partial charge in [0, 0.05) is 6.92 Å². The molecule has 1 amide bonds. The minimum atomic E-state index is -0.833. The van der Waals surface area contributed by atoms with E-state index in [0.29, 0.717) is 16.7 Å². The molecule has 0 bridgehead atoms. The Kier molecular flexibility index (Phi) is 10.5. The first kappa shape index (κ1) is 28.2. The summed E-state index contributed by atoms with van der Waals surface area (Å²) in [6, 6.07) is 32.5. The Morgan fingerprint density at radius 3 is 2.43 bits per heavy atom. The first-order chi connectivity index (χ1) is 17.5. The molecule has 1 saturated heterocycles. The third kappa shape index (κ3) is 8.61. The predicted octanol–water partition coefficient (Wildman–Crippen LogP) is 3.21. The second kappa shape index (κ2) is 13.8. The van der Waals surface area contributed by atoms with Crippen molar-refractivity contribution in [2.75, 3.05) is 0 Å². The molecule has 1 heterocycles. The number of benzene rings is 4. The van der Waals surface area contributed by atoms with E-state index in [9.17, 15) is 4.79 Å². The number of nitrogens with zero attached hydrogens (tertiary/aromatic N) is 1. The number of hydrogen-bond acceptors (Lipinski definition) is 5. The van der Waals surface area contributed by atoms with Crippen LogP contribution >= 0.6 is 11.8 Å². The minimum Gasteiger partial charge on any atom is -0.489 e. The van der Waals surface area contributed by atoms with Crippen molar-refractivity contribution in [1.82, 2.24) is 5.32 Å². The van der Waals surface area contributed by atoms with E-state index < -0.39 is 5.97 Å². The number of aliphatic imine (C=N–C) groups is 1. The summed E-state index contributed by atoms with van der Waals surface area (Å²) in [6.45, 7) is 1.62. The van der Waals surface area contributed by atoms with Gasteiger partial charge in [0.25, 0.3) is 11.9 Å². The molecule has 0 aliphatic carbocycles. The summed E-state index contributed by atoms with van der Waals surface area (Å²) in [6.07, 6.45) is 1.89. The van der Waals surface area contributed by atoms with Crippen LogP contribution in [0.25, 0.3) is 16.8 Å². The van der Waals surface area contributed by atoms with Gasteiger partial charge >= 0.3 is 29.6 Å². The molecular weight excluding hydrogens is 495 g/mol. The molecule has 0 unspecified atom stereocenters. The third-order valence-corrected chi connectivity index (χ3v) is 5.87. The molecule has 1 fully saturated rings. The number of ether oxygens (including phenoxy) is 1. The maximum atomic E-state index is 12.4. The first-order valence-electron chi connectivity index (χ1n) is 11.1. The van der Waals surface area contributed by atoms with E-state index in [0.717, 1.165) is 40.3 Å². The van der Waals surface area contributed by atoms with Crippen LogP contribution in [-0.4, -0.2) is 22.2 Å². The Morgan fingerprint density at radius 1 is 1.03 bits per heavy atom. The quantitative estimate of drug-likeness (QED) is 0.241. The maximum absolute atomic E-state index is 12.4. The van der Waals surface area contributed by atoms with Gasteiger partial charge in [0.05, 0.1) is 4.91 Å². The van der Waals surface area contributed by atoms with E-state index in [1.807, 2.05) is 78.9 Å². The number of carbonyl (C=O) groups excluding carboxylic acids is 1. The van der Waals surface area contributed by atoms with Crippen LogP contribution in [0.5, 0.6) is 5.75 Å². The van der Waals surface area contributed by atoms with Gasteiger partial charge in [-0.05, 0) is 63.6 Å². The second-order valence-electron chi connectivity index (χ2n) is 7.80. The fraction of sp³-hybridized carbons (Fsp3) is 0.0690. The van der Waals surface area contributed by atoms with Crippen LogP contribution in [0.4, 0.5) is 5.69 Å². The van der Waals surface area contributed by atoms with Crippen molar-refractivity contribution < 1.29 is 49.0 Å². The zero-order valence-electron chi connectivity index (χ0n) is 20.5. The number of carbonyl (C=O) groups is 2. The van der Waals surface area contributed by atoms with E-state index in [4.69, 9.17) is 14.6 Å². The molecular formula is C29H23N2NaO4S. The van der Waals surface area contributed by atoms with E-state index in [2.05, 4.69) is 22.4 Å². The smallest absolute Gasteiger partial charge is 0.489 e. The van der Waals surface area contributed by atoms with Gasteiger partial charge in [0.2, 0.25) is 0 Å². The Balaban J connectivity index is 0.000000711. The number of amidine groups is 1. The molecule has 0 saturated carbocycles. The molecule has 6 nitrogen and oxygen atoms in total. The third-order valence-electron chi connectivity index (χ3n) is 4.96. The zero-order valence-corrected chi connectivity index (χ0v) is 23.3.